The lowest BCUT2D eigenvalue weighted by atomic mass is 9.88. The number of benzene rings is 1. The van der Waals surface area contributed by atoms with Crippen LogP contribution in [0.5, 0.6) is 5.88 Å². The number of halogens is 1. The Morgan fingerprint density at radius 3 is 2.82 bits per heavy atom. The van der Waals surface area contributed by atoms with Crippen molar-refractivity contribution in [2.24, 2.45) is 0 Å². The molecule has 1 saturated heterocycles. The molecule has 0 spiro atoms. The molecule has 1 saturated carbocycles. The van der Waals surface area contributed by atoms with Gasteiger partial charge >= 0.3 is 5.97 Å². The van der Waals surface area contributed by atoms with Gasteiger partial charge in [0.2, 0.25) is 11.3 Å². The third-order valence-electron chi connectivity index (χ3n) is 6.87. The molecule has 2 aromatic heterocycles. The van der Waals surface area contributed by atoms with Crippen LogP contribution in [0.1, 0.15) is 47.6 Å². The number of carbonyl (C=O) groups is 1. The Kier molecular flexibility index (Phi) is 5.73. The number of aliphatic hydroxyl groups excluding tert-OH is 1. The van der Waals surface area contributed by atoms with Crippen molar-refractivity contribution in [2.45, 2.75) is 50.8 Å². The molecule has 178 valence electrons. The molecule has 1 aliphatic heterocycles. The largest absolute Gasteiger partial charge is 0.477 e. The number of carboxylic acids is 1. The first kappa shape index (κ1) is 22.3. The number of nitrogens with zero attached hydrogens (tertiary/aromatic N) is 3. The van der Waals surface area contributed by atoms with Gasteiger partial charge in [0.15, 0.2) is 0 Å². The van der Waals surface area contributed by atoms with Crippen LogP contribution in [0.25, 0.3) is 10.9 Å². The lowest BCUT2D eigenvalue weighted by Crippen LogP contribution is -2.35. The Bertz CT molecular complexity index is 1320. The van der Waals surface area contributed by atoms with Crippen LogP contribution < -0.4 is 15.1 Å². The van der Waals surface area contributed by atoms with E-state index in [4.69, 9.17) is 4.74 Å². The molecule has 1 aromatic carbocycles. The minimum absolute atomic E-state index is 0.0265. The van der Waals surface area contributed by atoms with Crippen LogP contribution in [0.3, 0.4) is 0 Å². The van der Waals surface area contributed by atoms with E-state index in [2.05, 4.69) is 4.98 Å². The molecule has 9 heteroatoms. The minimum Gasteiger partial charge on any atom is -0.477 e. The van der Waals surface area contributed by atoms with Crippen LogP contribution in [0.4, 0.5) is 10.1 Å². The molecule has 3 heterocycles. The van der Waals surface area contributed by atoms with Crippen LogP contribution in [-0.2, 0) is 0 Å². The van der Waals surface area contributed by atoms with Gasteiger partial charge in [0.1, 0.15) is 18.0 Å². The zero-order valence-electron chi connectivity index (χ0n) is 18.8. The molecule has 5 rings (SSSR count). The van der Waals surface area contributed by atoms with Gasteiger partial charge in [0, 0.05) is 35.9 Å². The molecule has 2 N–H and O–H groups in total. The van der Waals surface area contributed by atoms with Gasteiger partial charge in [-0.15, -0.1) is 0 Å². The van der Waals surface area contributed by atoms with Gasteiger partial charge in [-0.3, -0.25) is 4.79 Å². The molecule has 8 nitrogen and oxygen atoms in total. The highest BCUT2D eigenvalue weighted by atomic mass is 19.1. The van der Waals surface area contributed by atoms with Gasteiger partial charge in [-0.25, -0.2) is 14.2 Å². The summed E-state index contributed by atoms with van der Waals surface area (Å²) in [5.41, 5.74) is 0.628. The molecule has 3 aromatic rings. The molecule has 0 amide bonds. The Morgan fingerprint density at radius 2 is 2.12 bits per heavy atom. The second kappa shape index (κ2) is 8.72. The van der Waals surface area contributed by atoms with Gasteiger partial charge in [0.25, 0.3) is 0 Å². The quantitative estimate of drug-likeness (QED) is 0.573. The fourth-order valence-corrected chi connectivity index (χ4v) is 4.94. The van der Waals surface area contributed by atoms with Crippen molar-refractivity contribution in [3.63, 3.8) is 0 Å². The maximum atomic E-state index is 15.3. The van der Waals surface area contributed by atoms with Crippen LogP contribution >= 0.6 is 0 Å². The topological polar surface area (TPSA) is 105 Å². The van der Waals surface area contributed by atoms with Gasteiger partial charge in [-0.2, -0.15) is 0 Å². The van der Waals surface area contributed by atoms with E-state index in [-0.39, 0.29) is 17.5 Å². The Hall–Kier alpha value is -3.46. The highest BCUT2D eigenvalue weighted by Gasteiger charge is 2.32. The van der Waals surface area contributed by atoms with E-state index in [0.29, 0.717) is 43.1 Å². The summed E-state index contributed by atoms with van der Waals surface area (Å²) in [5, 5.41) is 19.3. The van der Waals surface area contributed by atoms with Crippen LogP contribution in [-0.4, -0.2) is 51.0 Å². The number of aliphatic hydroxyl groups is 1. The fourth-order valence-electron chi connectivity index (χ4n) is 4.94. The van der Waals surface area contributed by atoms with E-state index in [1.807, 2.05) is 24.0 Å². The number of aromatic carboxylic acids is 1. The third-order valence-corrected chi connectivity index (χ3v) is 6.87. The van der Waals surface area contributed by atoms with Crippen molar-refractivity contribution in [2.75, 3.05) is 18.1 Å². The maximum absolute atomic E-state index is 15.3. The Morgan fingerprint density at radius 1 is 1.32 bits per heavy atom. The molecular formula is C25H26FN3O5. The summed E-state index contributed by atoms with van der Waals surface area (Å²) < 4.78 is 23.0. The van der Waals surface area contributed by atoms with Crippen molar-refractivity contribution in [1.82, 2.24) is 9.55 Å². The third kappa shape index (κ3) is 3.90. The number of carboxylic acid groups (broad SMARTS) is 1. The maximum Gasteiger partial charge on any atom is 0.341 e. The summed E-state index contributed by atoms with van der Waals surface area (Å²) in [4.78, 5) is 30.7. The standard InChI is InChI=1S/C25H26FN3O5/c1-14-4-2-6-27-24(14)34-13-15-5-3-7-28(15)22-11-21-18(10-20(22)26)23(31)19(25(32)33)12-29(21)16-8-17(30)9-16/h2,4,6,10-12,15-17,30H,3,5,7-9,13H2,1H3,(H,32,33)/t15-,16?,17?/m1/s1. The van der Waals surface area contributed by atoms with E-state index in [9.17, 15) is 19.8 Å². The van der Waals surface area contributed by atoms with E-state index < -0.39 is 28.9 Å². The molecule has 1 atom stereocenters. The molecule has 0 unspecified atom stereocenters. The smallest absolute Gasteiger partial charge is 0.341 e. The highest BCUT2D eigenvalue weighted by Crippen LogP contribution is 2.37. The Balaban J connectivity index is 1.53. The second-order valence-corrected chi connectivity index (χ2v) is 9.11. The molecule has 0 bridgehead atoms. The lowest BCUT2D eigenvalue weighted by Gasteiger charge is -2.35. The van der Waals surface area contributed by atoms with Gasteiger partial charge < -0.3 is 24.4 Å². The molecule has 2 aliphatic rings. The molecule has 0 radical (unpaired) electrons. The number of ether oxygens (including phenoxy) is 1. The number of aromatic nitrogens is 2. The van der Waals surface area contributed by atoms with Crippen LogP contribution in [0, 0.1) is 12.7 Å². The predicted molar refractivity (Wildman–Crippen MR) is 124 cm³/mol. The van der Waals surface area contributed by atoms with E-state index in [0.717, 1.165) is 24.5 Å². The first-order chi connectivity index (χ1) is 16.3. The highest BCUT2D eigenvalue weighted by molar-refractivity contribution is 5.93. The minimum atomic E-state index is -1.36. The van der Waals surface area contributed by atoms with Gasteiger partial charge in [0.05, 0.1) is 23.3 Å². The summed E-state index contributed by atoms with van der Waals surface area (Å²) in [6.45, 7) is 2.89. The normalized spacial score (nSPS) is 22.1. The zero-order valence-corrected chi connectivity index (χ0v) is 18.8. The summed E-state index contributed by atoms with van der Waals surface area (Å²) in [7, 11) is 0. The molecule has 34 heavy (non-hydrogen) atoms. The monoisotopic (exact) mass is 467 g/mol. The van der Waals surface area contributed by atoms with E-state index in [1.54, 1.807) is 16.8 Å². The van der Waals surface area contributed by atoms with Gasteiger partial charge in [-0.1, -0.05) is 6.07 Å². The summed E-state index contributed by atoms with van der Waals surface area (Å²) in [6.07, 6.45) is 5.11. The lowest BCUT2D eigenvalue weighted by molar-refractivity contribution is 0.0498. The summed E-state index contributed by atoms with van der Waals surface area (Å²) in [6, 6.07) is 6.30. The number of hydrogen-bond donors (Lipinski definition) is 2. The number of hydrogen-bond acceptors (Lipinski definition) is 6. The zero-order chi connectivity index (χ0) is 24.0. The van der Waals surface area contributed by atoms with Crippen LogP contribution in [0.15, 0.2) is 41.5 Å². The predicted octanol–water partition coefficient (Wildman–Crippen LogP) is 3.29. The molecular weight excluding hydrogens is 441 g/mol. The van der Waals surface area contributed by atoms with Crippen molar-refractivity contribution >= 4 is 22.6 Å². The SMILES string of the molecule is Cc1cccnc1OC[C@H]1CCCN1c1cc2c(cc1F)c(=O)c(C(=O)O)cn2C1CC(O)C1. The number of fused-ring (bicyclic) bond motifs is 1. The van der Waals surface area contributed by atoms with Crippen LogP contribution in [0.2, 0.25) is 0 Å². The summed E-state index contributed by atoms with van der Waals surface area (Å²) >= 11 is 0. The van der Waals surface area contributed by atoms with E-state index >= 15 is 4.39 Å². The number of aryl methyl sites for hydroxylation is 1. The number of anilines is 1. The van der Waals surface area contributed by atoms with Crippen molar-refractivity contribution in [3.05, 3.63) is 63.8 Å². The average molecular weight is 467 g/mol. The number of pyridine rings is 2. The average Bonchev–Trinajstić information content (AvgIpc) is 3.25. The molecule has 1 aliphatic carbocycles. The number of rotatable bonds is 6. The first-order valence-electron chi connectivity index (χ1n) is 11.4. The first-order valence-corrected chi connectivity index (χ1v) is 11.4. The van der Waals surface area contributed by atoms with Gasteiger partial charge in [-0.05, 0) is 50.8 Å². The molecule has 2 fully saturated rings. The summed E-state index contributed by atoms with van der Waals surface area (Å²) in [5.74, 6) is -1.38. The second-order valence-electron chi connectivity index (χ2n) is 9.11. The van der Waals surface area contributed by atoms with E-state index in [1.165, 1.54) is 6.20 Å². The van der Waals surface area contributed by atoms with Crippen molar-refractivity contribution < 1.29 is 24.1 Å². The van der Waals surface area contributed by atoms with Crippen molar-refractivity contribution in [3.8, 4) is 5.88 Å². The Labute approximate surface area is 195 Å². The van der Waals surface area contributed by atoms with Crippen molar-refractivity contribution in [1.29, 1.82) is 0 Å². The fraction of sp³-hybridized carbons (Fsp3) is 0.400.